The molecule has 5 heavy (non-hydrogen) atoms. The molecular formula is AlBCrNNi. The third kappa shape index (κ3) is 28.6. The standard InChI is InChI=1S/Al.B.Cr.N.Ni/q+3;;;-3;. The van der Waals surface area contributed by atoms with Crippen LogP contribution in [0, 0.1) is 0 Å². The summed E-state index contributed by atoms with van der Waals surface area (Å²) in [5.74, 6) is 0. The van der Waals surface area contributed by atoms with Gasteiger partial charge in [0.25, 0.3) is 0 Å². The summed E-state index contributed by atoms with van der Waals surface area (Å²) in [6.07, 6.45) is 0. The van der Waals surface area contributed by atoms with Gasteiger partial charge < -0.3 is 6.15 Å². The minimum absolute atomic E-state index is 0. The number of hydrogen-bond donors (Lipinski definition) is 0. The fraction of sp³-hybridized carbons (Fsp3) is 0. The molecule has 0 saturated carbocycles. The summed E-state index contributed by atoms with van der Waals surface area (Å²) in [4.78, 5) is 0. The van der Waals surface area contributed by atoms with Crippen molar-refractivity contribution in [3.8, 4) is 0 Å². The van der Waals surface area contributed by atoms with E-state index in [-0.39, 0.29) is 65.8 Å². The second-order valence-electron chi connectivity index (χ2n) is 0. The molecule has 0 atom stereocenters. The average molecular weight is 162 g/mol. The van der Waals surface area contributed by atoms with Gasteiger partial charge in [0.05, 0.1) is 0 Å². The van der Waals surface area contributed by atoms with Gasteiger partial charge in [-0.1, -0.05) is 0 Å². The van der Waals surface area contributed by atoms with Crippen molar-refractivity contribution in [2.75, 3.05) is 0 Å². The monoisotopic (exact) mass is 162 g/mol. The molecule has 3 radical (unpaired) electrons. The first kappa shape index (κ1) is 81.9. The Morgan fingerprint density at radius 1 is 1.00 bits per heavy atom. The molecule has 0 N–H and O–H groups in total. The molecule has 1 nitrogen and oxygen atoms in total. The van der Waals surface area contributed by atoms with Crippen molar-refractivity contribution in [3.63, 3.8) is 0 Å². The topological polar surface area (TPSA) is 30.5 Å². The molecule has 0 amide bonds. The molecule has 0 aromatic carbocycles. The molecular weight excluding hydrogens is 162 g/mol. The molecule has 0 aliphatic carbocycles. The minimum Gasteiger partial charge on any atom is -3.00 e. The van der Waals surface area contributed by atoms with Crippen molar-refractivity contribution in [2.45, 2.75) is 0 Å². The summed E-state index contributed by atoms with van der Waals surface area (Å²) in [7, 11) is 0. The van der Waals surface area contributed by atoms with Crippen molar-refractivity contribution in [1.82, 2.24) is 0 Å². The molecule has 0 heterocycles. The van der Waals surface area contributed by atoms with Gasteiger partial charge in [-0.05, 0) is 0 Å². The molecule has 0 aliphatic heterocycles. The van der Waals surface area contributed by atoms with Crippen LogP contribution in [-0.2, 0) is 33.9 Å². The fourth-order valence-electron chi connectivity index (χ4n) is 0. The molecule has 0 aromatic rings. The van der Waals surface area contributed by atoms with Crippen LogP contribution in [0.5, 0.6) is 0 Å². The van der Waals surface area contributed by atoms with Gasteiger partial charge in [-0.3, -0.25) is 0 Å². The number of hydrogen-bond acceptors (Lipinski definition) is 0. The zero-order valence-corrected chi connectivity index (χ0v) is 5.74. The van der Waals surface area contributed by atoms with Crippen LogP contribution in [0.2, 0.25) is 0 Å². The normalized spacial score (nSPS) is 0. The van der Waals surface area contributed by atoms with Crippen LogP contribution in [0.3, 0.4) is 0 Å². The maximum Gasteiger partial charge on any atom is 3.00 e. The van der Waals surface area contributed by atoms with Crippen molar-refractivity contribution < 1.29 is 33.9 Å². The Kier molecular flexibility index (Phi) is 766. The Morgan fingerprint density at radius 2 is 1.00 bits per heavy atom. The van der Waals surface area contributed by atoms with E-state index in [0.717, 1.165) is 0 Å². The second kappa shape index (κ2) is 46.8. The van der Waals surface area contributed by atoms with Crippen LogP contribution in [0.4, 0.5) is 0 Å². The van der Waals surface area contributed by atoms with E-state index in [4.69, 9.17) is 0 Å². The first-order valence-electron chi connectivity index (χ1n) is 0. The number of rotatable bonds is 0. The van der Waals surface area contributed by atoms with Crippen molar-refractivity contribution in [2.24, 2.45) is 0 Å². The molecule has 0 aliphatic rings. The summed E-state index contributed by atoms with van der Waals surface area (Å²) in [6.45, 7) is 0. The van der Waals surface area contributed by atoms with E-state index in [2.05, 4.69) is 0 Å². The molecule has 0 fully saturated rings. The predicted octanol–water partition coefficient (Wildman–Crippen LogP) is -0.478. The quantitative estimate of drug-likeness (QED) is 0.431. The predicted molar refractivity (Wildman–Crippen MR) is 14.9 cm³/mol. The third-order valence-corrected chi connectivity index (χ3v) is 0. The first-order valence-corrected chi connectivity index (χ1v) is 0. The van der Waals surface area contributed by atoms with Crippen molar-refractivity contribution in [1.29, 1.82) is 0 Å². The molecule has 0 bridgehead atoms. The van der Waals surface area contributed by atoms with Crippen LogP contribution < -0.4 is 0 Å². The maximum atomic E-state index is 0. The van der Waals surface area contributed by atoms with Gasteiger partial charge in [0.1, 0.15) is 0 Å². The van der Waals surface area contributed by atoms with Crippen molar-refractivity contribution >= 4 is 25.8 Å². The van der Waals surface area contributed by atoms with E-state index in [1.54, 1.807) is 0 Å². The zero-order chi connectivity index (χ0) is 0. The molecule has 0 saturated heterocycles. The summed E-state index contributed by atoms with van der Waals surface area (Å²) in [5.41, 5.74) is 0. The molecule has 0 aromatic heterocycles. The Morgan fingerprint density at radius 3 is 1.00 bits per heavy atom. The van der Waals surface area contributed by atoms with Gasteiger partial charge in [0.2, 0.25) is 0 Å². The summed E-state index contributed by atoms with van der Waals surface area (Å²) < 4.78 is 0. The van der Waals surface area contributed by atoms with Gasteiger partial charge in [-0.15, -0.1) is 0 Å². The molecule has 27 valence electrons. The van der Waals surface area contributed by atoms with E-state index < -0.39 is 0 Å². The Balaban J connectivity index is 0. The third-order valence-electron chi connectivity index (χ3n) is 0. The second-order valence-corrected chi connectivity index (χ2v) is 0. The van der Waals surface area contributed by atoms with E-state index in [9.17, 15) is 0 Å². The fourth-order valence-corrected chi connectivity index (χ4v) is 0. The molecule has 5 heteroatoms. The van der Waals surface area contributed by atoms with Gasteiger partial charge >= 0.3 is 17.4 Å². The first-order chi connectivity index (χ1) is 0. The smallest absolute Gasteiger partial charge is 3.00 e. The Hall–Kier alpha value is 1.58. The largest absolute Gasteiger partial charge is 3.00 e. The average Bonchev–Trinajstić information content (AvgIpc) is 0. The van der Waals surface area contributed by atoms with Crippen LogP contribution in [0.1, 0.15) is 0 Å². The van der Waals surface area contributed by atoms with E-state index in [1.807, 2.05) is 0 Å². The van der Waals surface area contributed by atoms with Crippen LogP contribution in [-0.4, -0.2) is 25.8 Å². The SMILES string of the molecule is [Al+3].[B].[Cr].[N-3].[Ni]. The zero-order valence-electron chi connectivity index (χ0n) is 2.33. The van der Waals surface area contributed by atoms with Gasteiger partial charge in [0.15, 0.2) is 0 Å². The van der Waals surface area contributed by atoms with Crippen molar-refractivity contribution in [3.05, 3.63) is 6.15 Å². The molecule has 0 unspecified atom stereocenters. The van der Waals surface area contributed by atoms with E-state index >= 15 is 0 Å². The molecule has 0 spiro atoms. The van der Waals surface area contributed by atoms with E-state index in [1.165, 1.54) is 0 Å². The number of nitrogens with zero attached hydrogens (tertiary/aromatic N) is 1. The van der Waals surface area contributed by atoms with Gasteiger partial charge in [-0.2, -0.15) is 0 Å². The van der Waals surface area contributed by atoms with Crippen LogP contribution in [0.25, 0.3) is 6.15 Å². The molecule has 0 rings (SSSR count). The van der Waals surface area contributed by atoms with Gasteiger partial charge in [-0.25, -0.2) is 0 Å². The Bertz CT molecular complexity index is 11.6. The van der Waals surface area contributed by atoms with Crippen LogP contribution in [0.15, 0.2) is 0 Å². The van der Waals surface area contributed by atoms with Gasteiger partial charge in [0, 0.05) is 42.3 Å². The maximum absolute atomic E-state index is 0. The summed E-state index contributed by atoms with van der Waals surface area (Å²) in [6, 6.07) is 0. The summed E-state index contributed by atoms with van der Waals surface area (Å²) in [5, 5.41) is 0. The Labute approximate surface area is 65.6 Å². The summed E-state index contributed by atoms with van der Waals surface area (Å²) >= 11 is 0. The minimum atomic E-state index is 0. The van der Waals surface area contributed by atoms with E-state index in [0.29, 0.717) is 0 Å². The van der Waals surface area contributed by atoms with Crippen LogP contribution >= 0.6 is 0 Å².